The summed E-state index contributed by atoms with van der Waals surface area (Å²) in [6.45, 7) is 1.99. The largest absolute Gasteiger partial charge is 0.480 e. The third kappa shape index (κ3) is 5.28. The molecule has 1 aliphatic rings. The molecule has 3 rings (SSSR count). The summed E-state index contributed by atoms with van der Waals surface area (Å²) in [5.74, 6) is -0.0266. The summed E-state index contributed by atoms with van der Waals surface area (Å²) in [6, 6.07) is 3.81. The van der Waals surface area contributed by atoms with E-state index in [1.165, 1.54) is 37.7 Å². The monoisotopic (exact) mass is 399 g/mol. The lowest BCUT2D eigenvalue weighted by molar-refractivity contribution is 0.102. The number of nitrogens with two attached hydrogens (primary N) is 1. The summed E-state index contributed by atoms with van der Waals surface area (Å²) in [6.07, 6.45) is 6.48. The number of carbonyl (C=O) groups excluding carboxylic acids is 1. The minimum Gasteiger partial charge on any atom is -0.480 e. The zero-order valence-corrected chi connectivity index (χ0v) is 16.2. The van der Waals surface area contributed by atoms with Crippen molar-refractivity contribution in [2.75, 3.05) is 12.4 Å². The normalized spacial score (nSPS) is 14.5. The van der Waals surface area contributed by atoms with Crippen molar-refractivity contribution in [1.29, 1.82) is 0 Å². The molecule has 0 fully saturated rings. The summed E-state index contributed by atoms with van der Waals surface area (Å²) >= 11 is 0. The van der Waals surface area contributed by atoms with Gasteiger partial charge in [0.05, 0.1) is 19.5 Å². The molecule has 1 heterocycles. The molecule has 1 amide bonds. The van der Waals surface area contributed by atoms with Gasteiger partial charge >= 0.3 is 0 Å². The number of nitrogens with one attached hydrogen (secondary N) is 1. The van der Waals surface area contributed by atoms with Gasteiger partial charge in [-0.3, -0.25) is 4.79 Å². The van der Waals surface area contributed by atoms with E-state index < -0.39 is 11.7 Å². The smallest absolute Gasteiger partial charge is 0.292 e. The van der Waals surface area contributed by atoms with Gasteiger partial charge in [-0.1, -0.05) is 0 Å². The topological polar surface area (TPSA) is 112 Å². The summed E-state index contributed by atoms with van der Waals surface area (Å²) < 4.78 is 24.7. The van der Waals surface area contributed by atoms with Crippen LogP contribution in [-0.4, -0.2) is 29.0 Å². The Morgan fingerprint density at radius 1 is 1.24 bits per heavy atom. The molecule has 1 aliphatic carbocycles. The molecule has 9 heteroatoms. The van der Waals surface area contributed by atoms with Gasteiger partial charge in [-0.25, -0.2) is 14.4 Å². The van der Waals surface area contributed by atoms with Crippen LogP contribution in [0, 0.1) is 5.82 Å². The summed E-state index contributed by atoms with van der Waals surface area (Å²) in [5, 5.41) is 2.62. The van der Waals surface area contributed by atoms with Crippen molar-refractivity contribution in [2.24, 2.45) is 10.7 Å². The number of anilines is 1. The molecule has 29 heavy (non-hydrogen) atoms. The number of amides is 1. The molecule has 1 aromatic carbocycles. The number of aliphatic imine (C=N–C) groups is 1. The Bertz CT molecular complexity index is 957. The first kappa shape index (κ1) is 20.2. The maximum absolute atomic E-state index is 14.1. The standard InChI is InChI=1S/C20H22FN5O3/c1-12-5-3-4-6-17(12)29-20(22)26-15-9-13(7-8-14(15)21)25-19(27)16-10-24-18(28-2)11-23-16/h7-11H,3-6H2,1-2H3,(H2,22,26)(H,25,27). The molecule has 3 N–H and O–H groups in total. The lowest BCUT2D eigenvalue weighted by Gasteiger charge is -2.17. The number of ether oxygens (including phenoxy) is 2. The predicted octanol–water partition coefficient (Wildman–Crippen LogP) is 3.69. The van der Waals surface area contributed by atoms with E-state index >= 15 is 0 Å². The van der Waals surface area contributed by atoms with Gasteiger partial charge in [0.1, 0.15) is 23.0 Å². The van der Waals surface area contributed by atoms with E-state index in [9.17, 15) is 9.18 Å². The number of nitrogens with zero attached hydrogens (tertiary/aromatic N) is 3. The summed E-state index contributed by atoms with van der Waals surface area (Å²) in [5.41, 5.74) is 7.34. The Hall–Kier alpha value is -3.49. The maximum Gasteiger partial charge on any atom is 0.292 e. The van der Waals surface area contributed by atoms with Crippen molar-refractivity contribution >= 4 is 23.3 Å². The van der Waals surface area contributed by atoms with Crippen LogP contribution < -0.4 is 15.8 Å². The van der Waals surface area contributed by atoms with E-state index in [0.717, 1.165) is 37.0 Å². The van der Waals surface area contributed by atoms with Crippen LogP contribution in [0.2, 0.25) is 0 Å². The zero-order valence-electron chi connectivity index (χ0n) is 16.2. The van der Waals surface area contributed by atoms with Crippen LogP contribution >= 0.6 is 0 Å². The number of benzene rings is 1. The molecule has 1 aromatic heterocycles. The number of hydrogen-bond acceptors (Lipinski definition) is 6. The first-order chi connectivity index (χ1) is 14.0. The average molecular weight is 399 g/mol. The molecule has 152 valence electrons. The SMILES string of the molecule is COc1cnc(C(=O)Nc2ccc(F)c(/N=C(/N)OC3=C(C)CCCC3)c2)cn1. The number of methoxy groups -OCH3 is 1. The highest BCUT2D eigenvalue weighted by molar-refractivity contribution is 6.02. The molecule has 0 saturated carbocycles. The third-order valence-electron chi connectivity index (χ3n) is 4.41. The second-order valence-electron chi connectivity index (χ2n) is 6.53. The number of allylic oxidation sites excluding steroid dienone is 2. The van der Waals surface area contributed by atoms with Gasteiger partial charge in [0.25, 0.3) is 11.9 Å². The van der Waals surface area contributed by atoms with Gasteiger partial charge in [0.15, 0.2) is 0 Å². The van der Waals surface area contributed by atoms with E-state index in [1.54, 1.807) is 0 Å². The van der Waals surface area contributed by atoms with E-state index in [0.29, 0.717) is 11.6 Å². The fourth-order valence-electron chi connectivity index (χ4n) is 2.84. The highest BCUT2D eigenvalue weighted by Gasteiger charge is 2.14. The van der Waals surface area contributed by atoms with Crippen molar-refractivity contribution in [3.05, 3.63) is 53.4 Å². The van der Waals surface area contributed by atoms with E-state index in [2.05, 4.69) is 20.3 Å². The van der Waals surface area contributed by atoms with Gasteiger partial charge in [-0.15, -0.1) is 0 Å². The van der Waals surface area contributed by atoms with Gasteiger partial charge in [-0.2, -0.15) is 4.99 Å². The Kier molecular flexibility index (Phi) is 6.38. The molecule has 0 spiro atoms. The highest BCUT2D eigenvalue weighted by Crippen LogP contribution is 2.26. The Morgan fingerprint density at radius 3 is 2.72 bits per heavy atom. The number of amidine groups is 1. The van der Waals surface area contributed by atoms with Gasteiger partial charge in [0, 0.05) is 12.1 Å². The fourth-order valence-corrected chi connectivity index (χ4v) is 2.84. The van der Waals surface area contributed by atoms with Crippen molar-refractivity contribution in [3.8, 4) is 5.88 Å². The molecule has 8 nitrogen and oxygen atoms in total. The number of hydrogen-bond donors (Lipinski definition) is 2. The highest BCUT2D eigenvalue weighted by atomic mass is 19.1. The lowest BCUT2D eigenvalue weighted by atomic mass is 9.99. The van der Waals surface area contributed by atoms with Crippen molar-refractivity contribution in [2.45, 2.75) is 32.6 Å². The van der Waals surface area contributed by atoms with Crippen molar-refractivity contribution in [1.82, 2.24) is 9.97 Å². The number of halogens is 1. The van der Waals surface area contributed by atoms with Crippen molar-refractivity contribution < 1.29 is 18.7 Å². The molecular weight excluding hydrogens is 377 g/mol. The average Bonchev–Trinajstić information content (AvgIpc) is 2.72. The number of carbonyl (C=O) groups is 1. The minimum atomic E-state index is -0.590. The Morgan fingerprint density at radius 2 is 2.03 bits per heavy atom. The van der Waals surface area contributed by atoms with Gasteiger partial charge in [-0.05, 0) is 50.0 Å². The molecule has 0 bridgehead atoms. The number of rotatable bonds is 5. The quantitative estimate of drug-likeness (QED) is 0.586. The molecule has 0 unspecified atom stereocenters. The van der Waals surface area contributed by atoms with E-state index in [-0.39, 0.29) is 17.4 Å². The van der Waals surface area contributed by atoms with Crippen LogP contribution in [0.3, 0.4) is 0 Å². The Balaban J connectivity index is 1.74. The fraction of sp³-hybridized carbons (Fsp3) is 0.300. The van der Waals surface area contributed by atoms with E-state index in [4.69, 9.17) is 15.2 Å². The third-order valence-corrected chi connectivity index (χ3v) is 4.41. The molecule has 0 atom stereocenters. The lowest BCUT2D eigenvalue weighted by Crippen LogP contribution is -2.17. The molecule has 0 saturated heterocycles. The molecular formula is C20H22FN5O3. The van der Waals surface area contributed by atoms with Crippen molar-refractivity contribution in [3.63, 3.8) is 0 Å². The minimum absolute atomic E-state index is 0.0461. The predicted molar refractivity (Wildman–Crippen MR) is 106 cm³/mol. The second-order valence-corrected chi connectivity index (χ2v) is 6.53. The number of aromatic nitrogens is 2. The maximum atomic E-state index is 14.1. The van der Waals surface area contributed by atoms with E-state index in [1.807, 2.05) is 6.92 Å². The van der Waals surface area contributed by atoms with Gasteiger partial charge in [0.2, 0.25) is 5.88 Å². The molecule has 2 aromatic rings. The van der Waals surface area contributed by atoms with Crippen LogP contribution in [0.25, 0.3) is 0 Å². The summed E-state index contributed by atoms with van der Waals surface area (Å²) in [4.78, 5) is 24.2. The van der Waals surface area contributed by atoms with Crippen LogP contribution in [0.5, 0.6) is 5.88 Å². The Labute approximate surface area is 167 Å². The van der Waals surface area contributed by atoms with Crippen LogP contribution in [0.15, 0.2) is 46.9 Å². The first-order valence-electron chi connectivity index (χ1n) is 9.14. The summed E-state index contributed by atoms with van der Waals surface area (Å²) in [7, 11) is 1.45. The molecule has 0 radical (unpaired) electrons. The van der Waals surface area contributed by atoms with Gasteiger partial charge < -0.3 is 20.5 Å². The van der Waals surface area contributed by atoms with Crippen LogP contribution in [-0.2, 0) is 4.74 Å². The zero-order chi connectivity index (χ0) is 20.8. The molecule has 0 aliphatic heterocycles. The van der Waals surface area contributed by atoms with Crippen LogP contribution in [0.4, 0.5) is 15.8 Å². The van der Waals surface area contributed by atoms with Crippen LogP contribution in [0.1, 0.15) is 43.1 Å². The second kappa shape index (κ2) is 9.13. The first-order valence-corrected chi connectivity index (χ1v) is 9.14.